The predicted molar refractivity (Wildman–Crippen MR) is 82.2 cm³/mol. The normalized spacial score (nSPS) is 23.4. The van der Waals surface area contributed by atoms with Crippen LogP contribution < -0.4 is 0 Å². The lowest BCUT2D eigenvalue weighted by atomic mass is 10.0. The Morgan fingerprint density at radius 3 is 2.25 bits per heavy atom. The van der Waals surface area contributed by atoms with Crippen LogP contribution in [0, 0.1) is 11.3 Å². The van der Waals surface area contributed by atoms with Crippen LogP contribution in [-0.4, -0.2) is 5.78 Å². The molecule has 0 radical (unpaired) electrons. The molecule has 102 valence electrons. The molecule has 3 rings (SSSR count). The van der Waals surface area contributed by atoms with Gasteiger partial charge in [0.05, 0.1) is 0 Å². The van der Waals surface area contributed by atoms with Crippen molar-refractivity contribution in [3.63, 3.8) is 0 Å². The lowest BCUT2D eigenvalue weighted by Gasteiger charge is -2.04. The average molecular weight is 285 g/mol. The number of Topliss-reactive ketones (excluding diaryl/α,β-unsaturated/α-hetero) is 1. The molecular weight excluding hydrogens is 268 g/mol. The van der Waals surface area contributed by atoms with Crippen molar-refractivity contribution < 1.29 is 4.79 Å². The molecular formula is C18H17ClO. The van der Waals surface area contributed by atoms with Gasteiger partial charge in [-0.3, -0.25) is 4.79 Å². The van der Waals surface area contributed by atoms with Crippen molar-refractivity contribution in [2.45, 2.75) is 19.8 Å². The van der Waals surface area contributed by atoms with Crippen LogP contribution in [0.2, 0.25) is 5.02 Å². The lowest BCUT2D eigenvalue weighted by Crippen LogP contribution is -2.06. The standard InChI is InChI=1S/C18H17ClO/c1-18(2)15(13-10-6-7-11-14(13)19)16(18)17(20)12-8-4-3-5-9-12/h3-11,15-16H,1-2H3. The van der Waals surface area contributed by atoms with Crippen molar-refractivity contribution in [3.8, 4) is 0 Å². The molecule has 0 spiro atoms. The summed E-state index contributed by atoms with van der Waals surface area (Å²) in [6, 6.07) is 17.4. The summed E-state index contributed by atoms with van der Waals surface area (Å²) in [7, 11) is 0. The van der Waals surface area contributed by atoms with E-state index in [-0.39, 0.29) is 23.0 Å². The minimum atomic E-state index is -0.0298. The molecule has 0 amide bonds. The summed E-state index contributed by atoms with van der Waals surface area (Å²) < 4.78 is 0. The number of carbonyl (C=O) groups is 1. The number of hydrogen-bond donors (Lipinski definition) is 0. The summed E-state index contributed by atoms with van der Waals surface area (Å²) in [5.74, 6) is 0.453. The van der Waals surface area contributed by atoms with Crippen molar-refractivity contribution in [3.05, 3.63) is 70.7 Å². The van der Waals surface area contributed by atoms with Crippen molar-refractivity contribution in [2.75, 3.05) is 0 Å². The highest BCUT2D eigenvalue weighted by Crippen LogP contribution is 2.66. The Hall–Kier alpha value is -1.60. The minimum absolute atomic E-state index is 0.0183. The summed E-state index contributed by atoms with van der Waals surface area (Å²) in [6.07, 6.45) is 0. The van der Waals surface area contributed by atoms with Crippen LogP contribution >= 0.6 is 11.6 Å². The highest BCUT2D eigenvalue weighted by atomic mass is 35.5. The molecule has 1 fully saturated rings. The molecule has 2 unspecified atom stereocenters. The Bertz CT molecular complexity index is 645. The molecule has 20 heavy (non-hydrogen) atoms. The van der Waals surface area contributed by atoms with E-state index in [1.165, 1.54) is 0 Å². The van der Waals surface area contributed by atoms with Crippen LogP contribution in [-0.2, 0) is 0 Å². The Balaban J connectivity index is 1.93. The highest BCUT2D eigenvalue weighted by molar-refractivity contribution is 6.31. The van der Waals surface area contributed by atoms with E-state index in [2.05, 4.69) is 13.8 Å². The Morgan fingerprint density at radius 1 is 1.00 bits per heavy atom. The van der Waals surface area contributed by atoms with Gasteiger partial charge < -0.3 is 0 Å². The van der Waals surface area contributed by atoms with Gasteiger partial charge in [0.2, 0.25) is 0 Å². The third-order valence-corrected chi connectivity index (χ3v) is 4.75. The second-order valence-corrected chi connectivity index (χ2v) is 6.44. The highest BCUT2D eigenvalue weighted by Gasteiger charge is 2.62. The quantitative estimate of drug-likeness (QED) is 0.728. The molecule has 0 saturated heterocycles. The zero-order valence-electron chi connectivity index (χ0n) is 11.6. The van der Waals surface area contributed by atoms with Crippen molar-refractivity contribution in [1.82, 2.24) is 0 Å². The van der Waals surface area contributed by atoms with E-state index in [1.807, 2.05) is 54.6 Å². The fourth-order valence-corrected chi connectivity index (χ4v) is 3.47. The zero-order chi connectivity index (χ0) is 14.3. The first-order chi connectivity index (χ1) is 9.53. The Kier molecular flexibility index (Phi) is 3.18. The van der Waals surface area contributed by atoms with E-state index < -0.39 is 0 Å². The van der Waals surface area contributed by atoms with Crippen molar-refractivity contribution >= 4 is 17.4 Å². The van der Waals surface area contributed by atoms with Gasteiger partial charge in [-0.05, 0) is 17.0 Å². The largest absolute Gasteiger partial charge is 0.294 e. The fraction of sp³-hybridized carbons (Fsp3) is 0.278. The van der Waals surface area contributed by atoms with Crippen LogP contribution in [0.3, 0.4) is 0 Å². The smallest absolute Gasteiger partial charge is 0.167 e. The molecule has 2 aromatic carbocycles. The van der Waals surface area contributed by atoms with Gasteiger partial charge in [-0.25, -0.2) is 0 Å². The van der Waals surface area contributed by atoms with E-state index in [0.29, 0.717) is 0 Å². The van der Waals surface area contributed by atoms with Gasteiger partial charge in [0.15, 0.2) is 5.78 Å². The van der Waals surface area contributed by atoms with Gasteiger partial charge in [-0.2, -0.15) is 0 Å². The Morgan fingerprint density at radius 2 is 1.60 bits per heavy atom. The SMILES string of the molecule is CC1(C)C(C(=O)c2ccccc2)C1c1ccccc1Cl. The number of halogens is 1. The molecule has 0 heterocycles. The molecule has 1 saturated carbocycles. The summed E-state index contributed by atoms with van der Waals surface area (Å²) >= 11 is 6.29. The Labute approximate surface area is 124 Å². The van der Waals surface area contributed by atoms with Crippen LogP contribution in [0.15, 0.2) is 54.6 Å². The molecule has 0 N–H and O–H groups in total. The van der Waals surface area contributed by atoms with Gasteiger partial charge in [-0.15, -0.1) is 0 Å². The van der Waals surface area contributed by atoms with Crippen molar-refractivity contribution in [1.29, 1.82) is 0 Å². The molecule has 2 aromatic rings. The molecule has 0 aliphatic heterocycles. The number of carbonyl (C=O) groups excluding carboxylic acids is 1. The molecule has 2 heteroatoms. The van der Waals surface area contributed by atoms with Crippen LogP contribution in [0.4, 0.5) is 0 Å². The topological polar surface area (TPSA) is 17.1 Å². The van der Waals surface area contributed by atoms with Crippen LogP contribution in [0.1, 0.15) is 35.7 Å². The van der Waals surface area contributed by atoms with Crippen LogP contribution in [0.5, 0.6) is 0 Å². The molecule has 1 nitrogen and oxygen atoms in total. The van der Waals surface area contributed by atoms with E-state index >= 15 is 0 Å². The van der Waals surface area contributed by atoms with Crippen LogP contribution in [0.25, 0.3) is 0 Å². The maximum absolute atomic E-state index is 12.7. The summed E-state index contributed by atoms with van der Waals surface area (Å²) in [5, 5.41) is 0.758. The summed E-state index contributed by atoms with van der Waals surface area (Å²) in [5.41, 5.74) is 1.85. The number of hydrogen-bond acceptors (Lipinski definition) is 1. The third-order valence-electron chi connectivity index (χ3n) is 4.41. The average Bonchev–Trinajstić information content (AvgIpc) is 3.02. The molecule has 1 aliphatic carbocycles. The first kappa shape index (κ1) is 13.4. The second-order valence-electron chi connectivity index (χ2n) is 6.03. The van der Waals surface area contributed by atoms with E-state index in [9.17, 15) is 4.79 Å². The maximum Gasteiger partial charge on any atom is 0.167 e. The predicted octanol–water partition coefficient (Wildman–Crippen LogP) is 4.96. The number of benzene rings is 2. The van der Waals surface area contributed by atoms with E-state index in [1.54, 1.807) is 0 Å². The molecule has 0 bridgehead atoms. The van der Waals surface area contributed by atoms with E-state index in [0.717, 1.165) is 16.1 Å². The summed E-state index contributed by atoms with van der Waals surface area (Å²) in [4.78, 5) is 12.7. The fourth-order valence-electron chi connectivity index (χ4n) is 3.22. The van der Waals surface area contributed by atoms with Gasteiger partial charge in [0.25, 0.3) is 0 Å². The lowest BCUT2D eigenvalue weighted by molar-refractivity contribution is 0.0952. The zero-order valence-corrected chi connectivity index (χ0v) is 12.4. The number of rotatable bonds is 3. The van der Waals surface area contributed by atoms with Gasteiger partial charge in [-0.1, -0.05) is 74.0 Å². The monoisotopic (exact) mass is 284 g/mol. The van der Waals surface area contributed by atoms with Gasteiger partial charge >= 0.3 is 0 Å². The first-order valence-electron chi connectivity index (χ1n) is 6.87. The van der Waals surface area contributed by atoms with Crippen molar-refractivity contribution in [2.24, 2.45) is 11.3 Å². The second kappa shape index (κ2) is 4.75. The van der Waals surface area contributed by atoms with Gasteiger partial charge in [0, 0.05) is 22.4 Å². The molecule has 0 aromatic heterocycles. The first-order valence-corrected chi connectivity index (χ1v) is 7.25. The number of ketones is 1. The summed E-state index contributed by atoms with van der Waals surface area (Å²) in [6.45, 7) is 4.29. The molecule has 2 atom stereocenters. The van der Waals surface area contributed by atoms with Gasteiger partial charge in [0.1, 0.15) is 0 Å². The molecule has 1 aliphatic rings. The maximum atomic E-state index is 12.7. The minimum Gasteiger partial charge on any atom is -0.294 e. The van der Waals surface area contributed by atoms with E-state index in [4.69, 9.17) is 11.6 Å². The third kappa shape index (κ3) is 2.06.